The zero-order valence-electron chi connectivity index (χ0n) is 27.6. The Morgan fingerprint density at radius 2 is 1.73 bits per heavy atom. The molecule has 2 amide bonds. The van der Waals surface area contributed by atoms with E-state index in [9.17, 15) is 19.2 Å². The van der Waals surface area contributed by atoms with Gasteiger partial charge in [0.15, 0.2) is 5.69 Å². The zero-order chi connectivity index (χ0) is 34.7. The summed E-state index contributed by atoms with van der Waals surface area (Å²) in [5.74, 6) is -1.83. The molecule has 0 spiro atoms. The van der Waals surface area contributed by atoms with Crippen molar-refractivity contribution in [1.29, 1.82) is 0 Å². The van der Waals surface area contributed by atoms with Crippen LogP contribution in [0.15, 0.2) is 53.9 Å². The number of carbonyl (C=O) groups is 4. The van der Waals surface area contributed by atoms with Crippen LogP contribution >= 0.6 is 11.3 Å². The molecule has 1 fully saturated rings. The average Bonchev–Trinajstić information content (AvgIpc) is 3.52. The molecule has 0 radical (unpaired) electrons. The topological polar surface area (TPSA) is 159 Å². The number of methoxy groups -OCH3 is 2. The number of esters is 2. The highest BCUT2D eigenvalue weighted by atomic mass is 32.1. The van der Waals surface area contributed by atoms with Crippen molar-refractivity contribution in [2.24, 2.45) is 5.73 Å². The predicted molar refractivity (Wildman–Crippen MR) is 186 cm³/mol. The van der Waals surface area contributed by atoms with E-state index >= 15 is 0 Å². The number of nitrogens with zero attached hydrogens (tertiary/aromatic N) is 1. The third kappa shape index (κ3) is 6.66. The number of benzene rings is 2. The summed E-state index contributed by atoms with van der Waals surface area (Å²) in [5, 5.41) is 7.88. The molecular weight excluding hydrogens is 644 g/mol. The number of rotatable bonds is 8. The molecule has 0 unspecified atom stereocenters. The van der Waals surface area contributed by atoms with E-state index in [2.05, 4.69) is 21.7 Å². The summed E-state index contributed by atoms with van der Waals surface area (Å²) in [6.45, 7) is 2.69. The summed E-state index contributed by atoms with van der Waals surface area (Å²) >= 11 is 1.56. The van der Waals surface area contributed by atoms with Crippen LogP contribution in [0.5, 0.6) is 5.75 Å². The first-order valence-corrected chi connectivity index (χ1v) is 17.0. The molecule has 0 bridgehead atoms. The number of carbonyl (C=O) groups excluding carboxylic acids is 4. The molecule has 2 aliphatic rings. The third-order valence-corrected chi connectivity index (χ3v) is 10.2. The lowest BCUT2D eigenvalue weighted by Crippen LogP contribution is -2.56. The number of anilines is 1. The first-order chi connectivity index (χ1) is 23.7. The normalized spacial score (nSPS) is 14.7. The highest BCUT2D eigenvalue weighted by molar-refractivity contribution is 7.13. The van der Waals surface area contributed by atoms with Gasteiger partial charge in [-0.05, 0) is 78.2 Å². The second kappa shape index (κ2) is 14.2. The number of nitrogens with two attached hydrogens (primary N) is 1. The van der Waals surface area contributed by atoms with Gasteiger partial charge in [0, 0.05) is 45.8 Å². The number of hydrogen-bond donors (Lipinski definition) is 3. The highest BCUT2D eigenvalue weighted by Gasteiger charge is 2.42. The summed E-state index contributed by atoms with van der Waals surface area (Å²) in [5.41, 5.74) is 9.53. The molecular formula is C37H38N4O7S. The Balaban J connectivity index is 1.46. The fraction of sp³-hybridized carbons (Fsp3) is 0.324. The SMILES string of the molecule is COC(=O)c1nc(C(=O)NC2(C(=O)OC)CCCCC2)ccc1-c1cc2c(cc1C(=O)Nc1ccc(CN)cc1C)-c1sccc1CCO2. The van der Waals surface area contributed by atoms with E-state index < -0.39 is 29.3 Å². The molecule has 12 heteroatoms. The molecule has 1 aliphatic heterocycles. The molecule has 49 heavy (non-hydrogen) atoms. The lowest BCUT2D eigenvalue weighted by atomic mass is 9.81. The van der Waals surface area contributed by atoms with Gasteiger partial charge in [-0.1, -0.05) is 31.4 Å². The molecule has 2 aromatic carbocycles. The molecule has 254 valence electrons. The van der Waals surface area contributed by atoms with Gasteiger partial charge in [0.1, 0.15) is 17.0 Å². The summed E-state index contributed by atoms with van der Waals surface area (Å²) < 4.78 is 16.3. The number of nitrogens with one attached hydrogen (secondary N) is 2. The van der Waals surface area contributed by atoms with E-state index in [0.717, 1.165) is 46.4 Å². The quantitative estimate of drug-likeness (QED) is 0.195. The van der Waals surface area contributed by atoms with Crippen molar-refractivity contribution >= 4 is 40.8 Å². The largest absolute Gasteiger partial charge is 0.493 e. The van der Waals surface area contributed by atoms with E-state index in [1.165, 1.54) is 20.3 Å². The Morgan fingerprint density at radius 1 is 0.939 bits per heavy atom. The maximum atomic E-state index is 14.2. The van der Waals surface area contributed by atoms with Crippen molar-refractivity contribution in [1.82, 2.24) is 10.3 Å². The Hall–Kier alpha value is -5.07. The Kier molecular flexibility index (Phi) is 9.79. The lowest BCUT2D eigenvalue weighted by molar-refractivity contribution is -0.149. The van der Waals surface area contributed by atoms with Crippen LogP contribution in [0.2, 0.25) is 0 Å². The van der Waals surface area contributed by atoms with E-state index in [1.807, 2.05) is 24.4 Å². The Labute approximate surface area is 288 Å². The van der Waals surface area contributed by atoms with Crippen LogP contribution in [0.4, 0.5) is 5.69 Å². The van der Waals surface area contributed by atoms with Crippen molar-refractivity contribution in [3.8, 4) is 27.3 Å². The number of fused-ring (bicyclic) bond motifs is 3. The molecule has 1 saturated carbocycles. The van der Waals surface area contributed by atoms with Crippen LogP contribution in [0.1, 0.15) is 80.1 Å². The number of aryl methyl sites for hydroxylation is 1. The van der Waals surface area contributed by atoms with Crippen molar-refractivity contribution in [2.45, 2.75) is 57.5 Å². The van der Waals surface area contributed by atoms with Crippen molar-refractivity contribution < 1.29 is 33.4 Å². The predicted octanol–water partition coefficient (Wildman–Crippen LogP) is 5.82. The molecule has 4 N–H and O–H groups in total. The molecule has 4 aromatic rings. The Bertz CT molecular complexity index is 1950. The van der Waals surface area contributed by atoms with Crippen LogP contribution in [-0.4, -0.2) is 55.1 Å². The smallest absolute Gasteiger partial charge is 0.357 e. The summed E-state index contributed by atoms with van der Waals surface area (Å²) in [6.07, 6.45) is 4.01. The Morgan fingerprint density at radius 3 is 2.45 bits per heavy atom. The molecule has 2 aromatic heterocycles. The highest BCUT2D eigenvalue weighted by Crippen LogP contribution is 2.43. The first-order valence-electron chi connectivity index (χ1n) is 16.2. The summed E-state index contributed by atoms with van der Waals surface area (Å²) in [7, 11) is 2.51. The van der Waals surface area contributed by atoms with E-state index in [1.54, 1.807) is 35.6 Å². The number of hydrogen-bond acceptors (Lipinski definition) is 10. The molecule has 3 heterocycles. The van der Waals surface area contributed by atoms with Crippen molar-refractivity contribution in [3.05, 3.63) is 87.6 Å². The van der Waals surface area contributed by atoms with Gasteiger partial charge in [-0.25, -0.2) is 14.6 Å². The maximum Gasteiger partial charge on any atom is 0.357 e. The average molecular weight is 683 g/mol. The fourth-order valence-electron chi connectivity index (χ4n) is 6.58. The van der Waals surface area contributed by atoms with Gasteiger partial charge >= 0.3 is 11.9 Å². The van der Waals surface area contributed by atoms with Gasteiger partial charge in [-0.2, -0.15) is 0 Å². The summed E-state index contributed by atoms with van der Waals surface area (Å²) in [6, 6.07) is 14.2. The summed E-state index contributed by atoms with van der Waals surface area (Å²) in [4.78, 5) is 59.4. The van der Waals surface area contributed by atoms with Gasteiger partial charge in [-0.3, -0.25) is 9.59 Å². The minimum Gasteiger partial charge on any atom is -0.493 e. The first kappa shape index (κ1) is 33.8. The third-order valence-electron chi connectivity index (χ3n) is 9.19. The van der Waals surface area contributed by atoms with Gasteiger partial charge in [-0.15, -0.1) is 11.3 Å². The van der Waals surface area contributed by atoms with Gasteiger partial charge in [0.05, 0.1) is 20.8 Å². The van der Waals surface area contributed by atoms with E-state index in [4.69, 9.17) is 19.9 Å². The van der Waals surface area contributed by atoms with Crippen molar-refractivity contribution in [2.75, 3.05) is 26.1 Å². The van der Waals surface area contributed by atoms with Gasteiger partial charge in [0.2, 0.25) is 0 Å². The van der Waals surface area contributed by atoms with Gasteiger partial charge < -0.3 is 30.6 Å². The van der Waals surface area contributed by atoms with Crippen LogP contribution in [0.3, 0.4) is 0 Å². The minimum absolute atomic E-state index is 0.0890. The molecule has 1 aliphatic carbocycles. The van der Waals surface area contributed by atoms with Crippen LogP contribution in [0, 0.1) is 6.92 Å². The number of aromatic nitrogens is 1. The minimum atomic E-state index is -1.18. The molecule has 0 atom stereocenters. The monoisotopic (exact) mass is 682 g/mol. The number of thiophene rings is 1. The number of pyridine rings is 1. The van der Waals surface area contributed by atoms with E-state index in [-0.39, 0.29) is 22.5 Å². The van der Waals surface area contributed by atoms with Crippen molar-refractivity contribution in [3.63, 3.8) is 0 Å². The van der Waals surface area contributed by atoms with Gasteiger partial charge in [0.25, 0.3) is 11.8 Å². The number of ether oxygens (including phenoxy) is 3. The second-order valence-corrected chi connectivity index (χ2v) is 13.2. The van der Waals surface area contributed by atoms with Crippen LogP contribution < -0.4 is 21.1 Å². The molecule has 11 nitrogen and oxygen atoms in total. The zero-order valence-corrected chi connectivity index (χ0v) is 28.5. The van der Waals surface area contributed by atoms with Crippen LogP contribution in [0.25, 0.3) is 21.6 Å². The number of amides is 2. The lowest BCUT2D eigenvalue weighted by Gasteiger charge is -2.35. The molecule has 6 rings (SSSR count). The van der Waals surface area contributed by atoms with Crippen LogP contribution in [-0.2, 0) is 27.2 Å². The standard InChI is InChI=1S/C37H38N4O7S/c1-21-17-22(20-38)7-9-28(21)40-33(42)26-18-27-30(48-15-11-23-12-16-49-32(23)27)19-25(26)24-8-10-29(39-31(24)35(44)46-2)34(43)41-37(36(45)47-3)13-5-4-6-14-37/h7-10,12,16-19H,4-6,11,13-15,20,38H2,1-3H3,(H,40,42)(H,41,43). The maximum absolute atomic E-state index is 14.2. The fourth-order valence-corrected chi connectivity index (χ4v) is 7.55. The molecule has 0 saturated heterocycles. The second-order valence-electron chi connectivity index (χ2n) is 12.2. The van der Waals surface area contributed by atoms with E-state index in [0.29, 0.717) is 49.4 Å².